The molecule has 1 aromatic rings. The Labute approximate surface area is 146 Å². The van der Waals surface area contributed by atoms with E-state index in [0.29, 0.717) is 12.3 Å². The molecule has 1 fully saturated rings. The molecule has 1 N–H and O–H groups in total. The number of hydrogen-bond acceptors (Lipinski definition) is 2. The van der Waals surface area contributed by atoms with E-state index in [4.69, 9.17) is 0 Å². The highest BCUT2D eigenvalue weighted by Gasteiger charge is 2.21. The molecule has 1 saturated heterocycles. The van der Waals surface area contributed by atoms with Crippen LogP contribution in [0.3, 0.4) is 0 Å². The number of benzene rings is 1. The minimum Gasteiger partial charge on any atom is -0.481 e. The fourth-order valence-corrected chi connectivity index (χ4v) is 3.28. The molecule has 1 heterocycles. The zero-order chi connectivity index (χ0) is 15.9. The maximum atomic E-state index is 11.6. The van der Waals surface area contributed by atoms with Gasteiger partial charge in [-0.05, 0) is 62.4 Å². The highest BCUT2D eigenvalue weighted by atomic mass is 35.5. The van der Waals surface area contributed by atoms with Crippen LogP contribution in [0.25, 0.3) is 0 Å². The molecule has 0 aromatic heterocycles. The summed E-state index contributed by atoms with van der Waals surface area (Å²) < 4.78 is 0. The van der Waals surface area contributed by atoms with Crippen molar-refractivity contribution in [3.8, 4) is 0 Å². The zero-order valence-corrected chi connectivity index (χ0v) is 15.1. The monoisotopic (exact) mass is 339 g/mol. The summed E-state index contributed by atoms with van der Waals surface area (Å²) in [4.78, 5) is 14.0. The van der Waals surface area contributed by atoms with Gasteiger partial charge in [0.2, 0.25) is 0 Å². The van der Waals surface area contributed by atoms with Gasteiger partial charge in [0, 0.05) is 0 Å². The minimum atomic E-state index is -0.700. The Kier molecular flexibility index (Phi) is 8.64. The Morgan fingerprint density at radius 1 is 1.13 bits per heavy atom. The second-order valence-electron chi connectivity index (χ2n) is 6.92. The maximum Gasteiger partial charge on any atom is 0.311 e. The fraction of sp³-hybridized carbons (Fsp3) is 0.632. The van der Waals surface area contributed by atoms with Crippen LogP contribution in [-0.2, 0) is 11.2 Å². The van der Waals surface area contributed by atoms with Crippen molar-refractivity contribution in [1.82, 2.24) is 4.90 Å². The van der Waals surface area contributed by atoms with Gasteiger partial charge in [0.1, 0.15) is 0 Å². The zero-order valence-electron chi connectivity index (χ0n) is 14.3. The van der Waals surface area contributed by atoms with E-state index in [9.17, 15) is 9.90 Å². The molecule has 0 bridgehead atoms. The number of carboxylic acid groups (broad SMARTS) is 1. The lowest BCUT2D eigenvalue weighted by atomic mass is 9.93. The molecule has 1 aliphatic rings. The molecule has 0 amide bonds. The highest BCUT2D eigenvalue weighted by molar-refractivity contribution is 5.85. The number of hydrogen-bond donors (Lipinski definition) is 1. The van der Waals surface area contributed by atoms with Gasteiger partial charge in [0.05, 0.1) is 5.92 Å². The van der Waals surface area contributed by atoms with Crippen LogP contribution in [0.2, 0.25) is 0 Å². The van der Waals surface area contributed by atoms with Crippen molar-refractivity contribution in [2.75, 3.05) is 19.6 Å². The van der Waals surface area contributed by atoms with Gasteiger partial charge in [-0.15, -0.1) is 12.4 Å². The van der Waals surface area contributed by atoms with Crippen molar-refractivity contribution in [2.45, 2.75) is 51.9 Å². The van der Waals surface area contributed by atoms with E-state index < -0.39 is 5.97 Å². The van der Waals surface area contributed by atoms with E-state index in [1.54, 1.807) is 0 Å². The first-order chi connectivity index (χ1) is 10.6. The normalized spacial score (nSPS) is 16.8. The number of halogens is 1. The average molecular weight is 340 g/mol. The number of likely N-dealkylation sites (tertiary alicyclic amines) is 1. The molecule has 0 spiro atoms. The fourth-order valence-electron chi connectivity index (χ4n) is 3.28. The molecule has 2 rings (SSSR count). The van der Waals surface area contributed by atoms with Crippen molar-refractivity contribution >= 4 is 18.4 Å². The van der Waals surface area contributed by atoms with Crippen LogP contribution in [0.1, 0.15) is 56.6 Å². The lowest BCUT2D eigenvalue weighted by Crippen LogP contribution is -2.32. The lowest BCUT2D eigenvalue weighted by Gasteiger charge is -2.27. The van der Waals surface area contributed by atoms with Gasteiger partial charge < -0.3 is 10.0 Å². The first-order valence-corrected chi connectivity index (χ1v) is 8.60. The lowest BCUT2D eigenvalue weighted by molar-refractivity contribution is -0.139. The van der Waals surface area contributed by atoms with Crippen molar-refractivity contribution in [1.29, 1.82) is 0 Å². The third-order valence-corrected chi connectivity index (χ3v) is 4.51. The van der Waals surface area contributed by atoms with E-state index in [1.807, 2.05) is 12.1 Å². The summed E-state index contributed by atoms with van der Waals surface area (Å²) in [7, 11) is 0. The summed E-state index contributed by atoms with van der Waals surface area (Å²) in [5, 5.41) is 9.55. The average Bonchev–Trinajstić information content (AvgIpc) is 2.49. The minimum absolute atomic E-state index is 0. The summed E-state index contributed by atoms with van der Waals surface area (Å²) in [5.41, 5.74) is 2.23. The van der Waals surface area contributed by atoms with Gasteiger partial charge in [0.15, 0.2) is 0 Å². The van der Waals surface area contributed by atoms with E-state index >= 15 is 0 Å². The summed E-state index contributed by atoms with van der Waals surface area (Å²) in [6.45, 7) is 7.54. The van der Waals surface area contributed by atoms with Crippen molar-refractivity contribution in [3.05, 3.63) is 35.4 Å². The molecule has 1 aromatic carbocycles. The van der Waals surface area contributed by atoms with Crippen molar-refractivity contribution < 1.29 is 9.90 Å². The number of piperidine rings is 1. The molecule has 0 saturated carbocycles. The first kappa shape index (κ1) is 20.0. The molecule has 3 nitrogen and oxygen atoms in total. The second kappa shape index (κ2) is 9.94. The van der Waals surface area contributed by atoms with Crippen molar-refractivity contribution in [3.63, 3.8) is 0 Å². The summed E-state index contributed by atoms with van der Waals surface area (Å²) in [6.07, 6.45) is 5.57. The SMILES string of the molecule is CC(C)Cc1ccc(C(CCN2CCCCC2)C(=O)O)cc1.Cl. The number of nitrogens with zero attached hydrogens (tertiary/aromatic N) is 1. The van der Waals surface area contributed by atoms with Crippen LogP contribution >= 0.6 is 12.4 Å². The smallest absolute Gasteiger partial charge is 0.311 e. The Morgan fingerprint density at radius 2 is 1.74 bits per heavy atom. The summed E-state index contributed by atoms with van der Waals surface area (Å²) in [5.74, 6) is -0.455. The molecule has 23 heavy (non-hydrogen) atoms. The van der Waals surface area contributed by atoms with Gasteiger partial charge in [-0.1, -0.05) is 44.5 Å². The third-order valence-electron chi connectivity index (χ3n) is 4.51. The molecule has 1 atom stereocenters. The molecule has 0 radical (unpaired) electrons. The molecule has 1 aliphatic heterocycles. The van der Waals surface area contributed by atoms with Gasteiger partial charge in [-0.25, -0.2) is 0 Å². The first-order valence-electron chi connectivity index (χ1n) is 8.60. The van der Waals surface area contributed by atoms with Crippen LogP contribution < -0.4 is 0 Å². The Bertz CT molecular complexity index is 467. The number of carboxylic acids is 1. The quantitative estimate of drug-likeness (QED) is 0.802. The molecular formula is C19H30ClNO2. The van der Waals surface area contributed by atoms with E-state index in [-0.39, 0.29) is 18.3 Å². The number of rotatable bonds is 7. The molecule has 1 unspecified atom stereocenters. The molecule has 130 valence electrons. The van der Waals surface area contributed by atoms with Gasteiger partial charge in [0.25, 0.3) is 0 Å². The van der Waals surface area contributed by atoms with Gasteiger partial charge >= 0.3 is 5.97 Å². The van der Waals surface area contributed by atoms with Crippen molar-refractivity contribution in [2.24, 2.45) is 5.92 Å². The van der Waals surface area contributed by atoms with Crippen LogP contribution in [0.4, 0.5) is 0 Å². The Balaban J connectivity index is 0.00000264. The summed E-state index contributed by atoms with van der Waals surface area (Å²) >= 11 is 0. The number of aliphatic carboxylic acids is 1. The van der Waals surface area contributed by atoms with Gasteiger partial charge in [-0.3, -0.25) is 4.79 Å². The van der Waals surface area contributed by atoms with E-state index in [0.717, 1.165) is 31.6 Å². The van der Waals surface area contributed by atoms with Crippen LogP contribution in [0.15, 0.2) is 24.3 Å². The highest BCUT2D eigenvalue weighted by Crippen LogP contribution is 2.23. The number of carbonyl (C=O) groups is 1. The van der Waals surface area contributed by atoms with Crippen LogP contribution in [0, 0.1) is 5.92 Å². The largest absolute Gasteiger partial charge is 0.481 e. The molecular weight excluding hydrogens is 310 g/mol. The maximum absolute atomic E-state index is 11.6. The molecule has 0 aliphatic carbocycles. The van der Waals surface area contributed by atoms with Gasteiger partial charge in [-0.2, -0.15) is 0 Å². The Hall–Kier alpha value is -1.06. The van der Waals surface area contributed by atoms with Crippen LogP contribution in [0.5, 0.6) is 0 Å². The second-order valence-corrected chi connectivity index (χ2v) is 6.92. The standard InChI is InChI=1S/C19H29NO2.ClH/c1-15(2)14-16-6-8-17(9-7-16)18(19(21)22)10-13-20-11-4-3-5-12-20;/h6-9,15,18H,3-5,10-14H2,1-2H3,(H,21,22);1H. The predicted molar refractivity (Wildman–Crippen MR) is 97.5 cm³/mol. The third kappa shape index (κ3) is 6.52. The molecule has 4 heteroatoms. The predicted octanol–water partition coefficient (Wildman–Crippen LogP) is 4.35. The Morgan fingerprint density at radius 3 is 2.26 bits per heavy atom. The topological polar surface area (TPSA) is 40.5 Å². The van der Waals surface area contributed by atoms with E-state index in [1.165, 1.54) is 24.8 Å². The van der Waals surface area contributed by atoms with Crippen LogP contribution in [-0.4, -0.2) is 35.6 Å². The summed E-state index contributed by atoms with van der Waals surface area (Å²) in [6, 6.07) is 8.19. The van der Waals surface area contributed by atoms with E-state index in [2.05, 4.69) is 30.9 Å².